The van der Waals surface area contributed by atoms with E-state index in [1.165, 1.54) is 4.31 Å². The van der Waals surface area contributed by atoms with Crippen molar-refractivity contribution >= 4 is 10.0 Å². The van der Waals surface area contributed by atoms with Crippen LogP contribution in [0.3, 0.4) is 0 Å². The number of nitrogens with zero attached hydrogens (tertiary/aromatic N) is 1. The molecular formula is C19H24N2O3S. The van der Waals surface area contributed by atoms with Gasteiger partial charge in [-0.2, -0.15) is 4.31 Å². The van der Waals surface area contributed by atoms with E-state index in [4.69, 9.17) is 4.74 Å². The number of piperazine rings is 1. The van der Waals surface area contributed by atoms with Crippen LogP contribution >= 0.6 is 0 Å². The van der Waals surface area contributed by atoms with Gasteiger partial charge in [-0.15, -0.1) is 0 Å². The Bertz CT molecular complexity index is 872. The number of hydrogen-bond donors (Lipinski definition) is 1. The second-order valence-electron chi connectivity index (χ2n) is 6.40. The van der Waals surface area contributed by atoms with E-state index in [9.17, 15) is 8.42 Å². The summed E-state index contributed by atoms with van der Waals surface area (Å²) in [4.78, 5) is 0.232. The highest BCUT2D eigenvalue weighted by Crippen LogP contribution is 2.33. The third kappa shape index (κ3) is 3.71. The predicted octanol–water partition coefficient (Wildman–Crippen LogP) is 3.00. The Balaban J connectivity index is 2.02. The molecule has 5 nitrogen and oxygen atoms in total. The van der Waals surface area contributed by atoms with Gasteiger partial charge >= 0.3 is 0 Å². The van der Waals surface area contributed by atoms with E-state index in [1.807, 2.05) is 45.0 Å². The fourth-order valence-corrected chi connectivity index (χ4v) is 4.52. The maximum absolute atomic E-state index is 13.1. The average Bonchev–Trinajstić information content (AvgIpc) is 2.61. The van der Waals surface area contributed by atoms with Crippen LogP contribution in [-0.2, 0) is 10.0 Å². The first-order chi connectivity index (χ1) is 11.9. The van der Waals surface area contributed by atoms with E-state index < -0.39 is 10.0 Å². The molecule has 0 bridgehead atoms. The van der Waals surface area contributed by atoms with Gasteiger partial charge in [0.25, 0.3) is 0 Å². The van der Waals surface area contributed by atoms with Crippen molar-refractivity contribution in [1.82, 2.24) is 9.62 Å². The Hall–Kier alpha value is -1.89. The number of nitrogens with one attached hydrogen (secondary N) is 1. The zero-order valence-electron chi connectivity index (χ0n) is 14.9. The molecule has 0 amide bonds. The van der Waals surface area contributed by atoms with Gasteiger partial charge in [0.1, 0.15) is 16.4 Å². The summed E-state index contributed by atoms with van der Waals surface area (Å²) in [5.41, 5.74) is 3.01. The maximum atomic E-state index is 13.1. The van der Waals surface area contributed by atoms with E-state index in [2.05, 4.69) is 5.32 Å². The number of hydrogen-bond acceptors (Lipinski definition) is 4. The lowest BCUT2D eigenvalue weighted by atomic mass is 10.1. The third-order valence-corrected chi connectivity index (χ3v) is 6.49. The van der Waals surface area contributed by atoms with Crippen LogP contribution in [0.1, 0.15) is 16.7 Å². The van der Waals surface area contributed by atoms with Crippen LogP contribution in [0.2, 0.25) is 0 Å². The average molecular weight is 360 g/mol. The standard InChI is InChI=1S/C19H24N2O3S/c1-14-7-8-18(24-17-6-4-5-15(2)16(17)3)19(13-14)25(22,23)21-11-9-20-10-12-21/h4-8,13,20H,9-12H2,1-3H3. The van der Waals surface area contributed by atoms with Crippen molar-refractivity contribution in [2.24, 2.45) is 0 Å². The zero-order chi connectivity index (χ0) is 18.0. The van der Waals surface area contributed by atoms with Crippen LogP contribution < -0.4 is 10.1 Å². The Morgan fingerprint density at radius 3 is 2.44 bits per heavy atom. The van der Waals surface area contributed by atoms with E-state index in [1.54, 1.807) is 12.1 Å². The highest BCUT2D eigenvalue weighted by atomic mass is 32.2. The minimum absolute atomic E-state index is 0.232. The molecule has 0 aromatic heterocycles. The molecule has 1 aliphatic rings. The van der Waals surface area contributed by atoms with Gasteiger partial charge in [0.15, 0.2) is 0 Å². The van der Waals surface area contributed by atoms with Crippen molar-refractivity contribution in [3.05, 3.63) is 53.1 Å². The van der Waals surface area contributed by atoms with Crippen molar-refractivity contribution < 1.29 is 13.2 Å². The molecule has 1 heterocycles. The zero-order valence-corrected chi connectivity index (χ0v) is 15.7. The molecule has 0 spiro atoms. The van der Waals surface area contributed by atoms with Crippen LogP contribution in [0, 0.1) is 20.8 Å². The monoisotopic (exact) mass is 360 g/mol. The molecule has 0 radical (unpaired) electrons. The molecule has 134 valence electrons. The van der Waals surface area contributed by atoms with Crippen molar-refractivity contribution in [1.29, 1.82) is 0 Å². The minimum atomic E-state index is -3.59. The van der Waals surface area contributed by atoms with Crippen LogP contribution in [0.25, 0.3) is 0 Å². The topological polar surface area (TPSA) is 58.6 Å². The van der Waals surface area contributed by atoms with Gasteiger partial charge in [-0.3, -0.25) is 0 Å². The van der Waals surface area contributed by atoms with Crippen LogP contribution in [-0.4, -0.2) is 38.9 Å². The molecule has 1 aliphatic heterocycles. The summed E-state index contributed by atoms with van der Waals surface area (Å²) in [6, 6.07) is 11.1. The van der Waals surface area contributed by atoms with Crippen molar-refractivity contribution in [2.75, 3.05) is 26.2 Å². The number of aryl methyl sites for hydroxylation is 2. The van der Waals surface area contributed by atoms with Crippen LogP contribution in [0.5, 0.6) is 11.5 Å². The van der Waals surface area contributed by atoms with Gasteiger partial charge in [0, 0.05) is 26.2 Å². The van der Waals surface area contributed by atoms with Crippen molar-refractivity contribution in [3.63, 3.8) is 0 Å². The molecule has 1 N–H and O–H groups in total. The van der Waals surface area contributed by atoms with E-state index in [0.29, 0.717) is 37.7 Å². The molecule has 0 aliphatic carbocycles. The summed E-state index contributed by atoms with van der Waals surface area (Å²) >= 11 is 0. The second-order valence-corrected chi connectivity index (χ2v) is 8.31. The Morgan fingerprint density at radius 1 is 1.00 bits per heavy atom. The molecule has 0 saturated carbocycles. The first-order valence-corrected chi connectivity index (χ1v) is 9.89. The molecule has 25 heavy (non-hydrogen) atoms. The van der Waals surface area contributed by atoms with Gasteiger partial charge in [0.05, 0.1) is 0 Å². The number of ether oxygens (including phenoxy) is 1. The van der Waals surface area contributed by atoms with Crippen molar-refractivity contribution in [2.45, 2.75) is 25.7 Å². The normalized spacial score (nSPS) is 16.0. The molecule has 3 rings (SSSR count). The lowest BCUT2D eigenvalue weighted by molar-refractivity contribution is 0.358. The SMILES string of the molecule is Cc1ccc(Oc2cccc(C)c2C)c(S(=O)(=O)N2CCNCC2)c1. The van der Waals surface area contributed by atoms with Gasteiger partial charge in [0.2, 0.25) is 10.0 Å². The second kappa shape index (κ2) is 7.15. The van der Waals surface area contributed by atoms with Crippen molar-refractivity contribution in [3.8, 4) is 11.5 Å². The lowest BCUT2D eigenvalue weighted by Gasteiger charge is -2.27. The van der Waals surface area contributed by atoms with Gasteiger partial charge in [-0.25, -0.2) is 8.42 Å². The molecule has 1 saturated heterocycles. The molecule has 2 aromatic rings. The fourth-order valence-electron chi connectivity index (χ4n) is 2.88. The number of rotatable bonds is 4. The highest BCUT2D eigenvalue weighted by Gasteiger charge is 2.29. The first-order valence-electron chi connectivity index (χ1n) is 8.45. The Kier molecular flexibility index (Phi) is 5.13. The molecular weight excluding hydrogens is 336 g/mol. The van der Waals surface area contributed by atoms with Gasteiger partial charge in [-0.05, 0) is 55.7 Å². The van der Waals surface area contributed by atoms with Crippen LogP contribution in [0.15, 0.2) is 41.3 Å². The highest BCUT2D eigenvalue weighted by molar-refractivity contribution is 7.89. The quantitative estimate of drug-likeness (QED) is 0.911. The molecule has 0 unspecified atom stereocenters. The molecule has 6 heteroatoms. The van der Waals surface area contributed by atoms with E-state index >= 15 is 0 Å². The Morgan fingerprint density at radius 2 is 1.72 bits per heavy atom. The summed E-state index contributed by atoms with van der Waals surface area (Å²) in [5.74, 6) is 1.05. The number of sulfonamides is 1. The molecule has 1 fully saturated rings. The van der Waals surface area contributed by atoms with E-state index in [0.717, 1.165) is 16.7 Å². The summed E-state index contributed by atoms with van der Waals surface area (Å²) in [5, 5.41) is 3.18. The number of benzene rings is 2. The fraction of sp³-hybridized carbons (Fsp3) is 0.368. The van der Waals surface area contributed by atoms with Crippen LogP contribution in [0.4, 0.5) is 0 Å². The summed E-state index contributed by atoms with van der Waals surface area (Å²) in [6.45, 7) is 8.15. The Labute approximate surface area is 149 Å². The lowest BCUT2D eigenvalue weighted by Crippen LogP contribution is -2.46. The summed E-state index contributed by atoms with van der Waals surface area (Å²) in [6.07, 6.45) is 0. The van der Waals surface area contributed by atoms with Gasteiger partial charge in [-0.1, -0.05) is 18.2 Å². The summed E-state index contributed by atoms with van der Waals surface area (Å²) in [7, 11) is -3.59. The van der Waals surface area contributed by atoms with Gasteiger partial charge < -0.3 is 10.1 Å². The first kappa shape index (κ1) is 17.9. The largest absolute Gasteiger partial charge is 0.456 e. The predicted molar refractivity (Wildman–Crippen MR) is 98.8 cm³/mol. The van der Waals surface area contributed by atoms with E-state index in [-0.39, 0.29) is 4.90 Å². The third-order valence-electron chi connectivity index (χ3n) is 4.57. The molecule has 0 atom stereocenters. The molecule has 2 aromatic carbocycles. The minimum Gasteiger partial charge on any atom is -0.456 e. The summed E-state index contributed by atoms with van der Waals surface area (Å²) < 4.78 is 33.8. The maximum Gasteiger partial charge on any atom is 0.246 e. The smallest absolute Gasteiger partial charge is 0.246 e.